The Kier molecular flexibility index (Phi) is 10.5. The van der Waals surface area contributed by atoms with Crippen molar-refractivity contribution < 1.29 is 0 Å². The molecule has 0 radical (unpaired) electrons. The molecule has 2 heterocycles. The van der Waals surface area contributed by atoms with Gasteiger partial charge in [-0.3, -0.25) is 0 Å². The lowest BCUT2D eigenvalue weighted by atomic mass is 10.0. The molecule has 5 nitrogen and oxygen atoms in total. The van der Waals surface area contributed by atoms with Gasteiger partial charge in [0.05, 0.1) is 22.4 Å². The molecule has 11 aromatic rings. The van der Waals surface area contributed by atoms with Crippen LogP contribution in [0.15, 0.2) is 231 Å². The number of aromatic nitrogens is 3. The van der Waals surface area contributed by atoms with Gasteiger partial charge in [-0.1, -0.05) is 126 Å². The van der Waals surface area contributed by atoms with E-state index in [2.05, 4.69) is 266 Å². The molecule has 11 rings (SSSR count). The molecule has 0 saturated heterocycles. The van der Waals surface area contributed by atoms with Gasteiger partial charge in [0.15, 0.2) is 5.82 Å². The fraction of sp³-hybridized carbons (Fsp3) is 0.0492. The molecule has 0 fully saturated rings. The Morgan fingerprint density at radius 3 is 1.27 bits per heavy atom. The molecule has 0 aliphatic heterocycles. The number of fused-ring (bicyclic) bond motifs is 3. The van der Waals surface area contributed by atoms with Gasteiger partial charge in [-0.05, 0) is 142 Å². The molecule has 0 aliphatic carbocycles. The van der Waals surface area contributed by atoms with E-state index in [1.165, 1.54) is 11.1 Å². The third-order valence-electron chi connectivity index (χ3n) is 12.4. The van der Waals surface area contributed by atoms with Gasteiger partial charge >= 0.3 is 0 Å². The van der Waals surface area contributed by atoms with E-state index in [9.17, 15) is 0 Å². The first kappa shape index (κ1) is 40.2. The number of rotatable bonds is 10. The van der Waals surface area contributed by atoms with Crippen LogP contribution in [0.2, 0.25) is 0 Å². The molecule has 0 unspecified atom stereocenters. The molecule has 0 aliphatic rings. The van der Waals surface area contributed by atoms with E-state index in [-0.39, 0.29) is 0 Å². The monoisotopic (exact) mass is 849 g/mol. The Morgan fingerprint density at radius 1 is 0.348 bits per heavy atom. The molecule has 0 saturated carbocycles. The topological polar surface area (TPSA) is 37.2 Å². The number of anilines is 6. The van der Waals surface area contributed by atoms with Crippen molar-refractivity contribution in [2.75, 3.05) is 9.80 Å². The highest BCUT2D eigenvalue weighted by Crippen LogP contribution is 2.43. The van der Waals surface area contributed by atoms with Crippen LogP contribution < -0.4 is 9.80 Å². The lowest BCUT2D eigenvalue weighted by Crippen LogP contribution is -2.09. The molecule has 0 spiro atoms. The van der Waals surface area contributed by atoms with Gasteiger partial charge in [-0.2, -0.15) is 0 Å². The van der Waals surface area contributed by atoms with Gasteiger partial charge in [0.25, 0.3) is 0 Å². The summed E-state index contributed by atoms with van der Waals surface area (Å²) in [5, 5.41) is 2.32. The molecule has 0 amide bonds. The van der Waals surface area contributed by atoms with Crippen LogP contribution in [-0.4, -0.2) is 14.5 Å². The van der Waals surface area contributed by atoms with Gasteiger partial charge in [0.2, 0.25) is 0 Å². The molecular weight excluding hydrogens is 803 g/mol. The van der Waals surface area contributed by atoms with Crippen molar-refractivity contribution in [2.24, 2.45) is 0 Å². The highest BCUT2D eigenvalue weighted by atomic mass is 15.1. The summed E-state index contributed by atoms with van der Waals surface area (Å²) in [5.41, 5.74) is 18.3. The molecule has 0 bridgehead atoms. The minimum Gasteiger partial charge on any atom is -0.310 e. The number of hydrogen-bond acceptors (Lipinski definition) is 4. The van der Waals surface area contributed by atoms with Crippen LogP contribution in [0.25, 0.3) is 61.4 Å². The Bertz CT molecular complexity index is 3230. The fourth-order valence-corrected chi connectivity index (χ4v) is 9.28. The molecule has 2 aromatic heterocycles. The van der Waals surface area contributed by atoms with Crippen LogP contribution in [-0.2, 0) is 0 Å². The molecular formula is C61H47N5. The Balaban J connectivity index is 1.10. The Hall–Kier alpha value is -8.54. The Labute approximate surface area is 386 Å². The van der Waals surface area contributed by atoms with Crippen LogP contribution in [0, 0.1) is 20.8 Å². The lowest BCUT2D eigenvalue weighted by Gasteiger charge is -2.26. The Morgan fingerprint density at radius 2 is 0.803 bits per heavy atom. The number of benzene rings is 9. The van der Waals surface area contributed by atoms with Crippen molar-refractivity contribution in [3.63, 3.8) is 0 Å². The molecule has 66 heavy (non-hydrogen) atoms. The van der Waals surface area contributed by atoms with Gasteiger partial charge in [0, 0.05) is 67.3 Å². The second-order valence-electron chi connectivity index (χ2n) is 17.0. The average molecular weight is 850 g/mol. The summed E-state index contributed by atoms with van der Waals surface area (Å²) in [7, 11) is 0. The summed E-state index contributed by atoms with van der Waals surface area (Å²) in [6.45, 7) is 6.43. The van der Waals surface area contributed by atoms with Crippen molar-refractivity contribution in [1.82, 2.24) is 14.5 Å². The summed E-state index contributed by atoms with van der Waals surface area (Å²) >= 11 is 0. The van der Waals surface area contributed by atoms with Crippen molar-refractivity contribution in [3.8, 4) is 39.6 Å². The van der Waals surface area contributed by atoms with Gasteiger partial charge in [-0.25, -0.2) is 9.97 Å². The summed E-state index contributed by atoms with van der Waals surface area (Å²) in [6.07, 6.45) is 0. The second-order valence-corrected chi connectivity index (χ2v) is 17.0. The van der Waals surface area contributed by atoms with E-state index in [1.54, 1.807) is 0 Å². The van der Waals surface area contributed by atoms with Gasteiger partial charge < -0.3 is 14.4 Å². The standard InChI is InChI=1S/C61H47N5/c1-42-18-16-20-45(36-42)57-41-58(63-61(62-57)46-21-17-19-43(2)37-46)54-33-30-51(38-44(54)3)66-59-34-31-52(64(47-22-8-4-9-23-47)48-24-10-5-11-25-48)39-55(59)56-40-53(32-35-60(56)66)65(49-26-12-6-13-27-49)50-28-14-7-15-29-50/h4-41H,1-3H3. The van der Waals surface area contributed by atoms with Crippen molar-refractivity contribution in [3.05, 3.63) is 247 Å². The fourth-order valence-electron chi connectivity index (χ4n) is 9.28. The first-order valence-electron chi connectivity index (χ1n) is 22.5. The van der Waals surface area contributed by atoms with E-state index in [4.69, 9.17) is 9.97 Å². The minimum atomic E-state index is 0.713. The van der Waals surface area contributed by atoms with E-state index in [1.807, 2.05) is 0 Å². The maximum atomic E-state index is 5.24. The zero-order valence-corrected chi connectivity index (χ0v) is 37.2. The molecule has 9 aromatic carbocycles. The van der Waals surface area contributed by atoms with E-state index < -0.39 is 0 Å². The van der Waals surface area contributed by atoms with Crippen LogP contribution in [0.3, 0.4) is 0 Å². The quantitative estimate of drug-likeness (QED) is 0.137. The summed E-state index contributed by atoms with van der Waals surface area (Å²) in [5.74, 6) is 0.713. The van der Waals surface area contributed by atoms with Gasteiger partial charge in [-0.15, -0.1) is 0 Å². The maximum Gasteiger partial charge on any atom is 0.160 e. The zero-order chi connectivity index (χ0) is 44.6. The number of para-hydroxylation sites is 4. The maximum absolute atomic E-state index is 5.24. The molecule has 5 heteroatoms. The third kappa shape index (κ3) is 7.67. The molecule has 0 N–H and O–H groups in total. The zero-order valence-electron chi connectivity index (χ0n) is 37.2. The smallest absolute Gasteiger partial charge is 0.160 e. The van der Waals surface area contributed by atoms with Gasteiger partial charge in [0.1, 0.15) is 0 Å². The predicted octanol–water partition coefficient (Wildman–Crippen LogP) is 16.4. The lowest BCUT2D eigenvalue weighted by molar-refractivity contribution is 1.15. The van der Waals surface area contributed by atoms with Crippen molar-refractivity contribution in [1.29, 1.82) is 0 Å². The van der Waals surface area contributed by atoms with Crippen molar-refractivity contribution >= 4 is 55.9 Å². The van der Waals surface area contributed by atoms with Crippen LogP contribution in [0.4, 0.5) is 34.1 Å². The average Bonchev–Trinajstić information content (AvgIpc) is 3.68. The first-order valence-corrected chi connectivity index (χ1v) is 22.5. The summed E-state index contributed by atoms with van der Waals surface area (Å²) < 4.78 is 2.41. The SMILES string of the molecule is Cc1cccc(-c2cc(-c3ccc(-n4c5ccc(N(c6ccccc6)c6ccccc6)cc5c5cc(N(c6ccccc6)c6ccccc6)ccc54)cc3C)nc(-c3cccc(C)c3)n2)c1. The number of hydrogen-bond donors (Lipinski definition) is 0. The number of nitrogens with zero attached hydrogens (tertiary/aromatic N) is 5. The van der Waals surface area contributed by atoms with Crippen molar-refractivity contribution in [2.45, 2.75) is 20.8 Å². The predicted molar refractivity (Wildman–Crippen MR) is 276 cm³/mol. The van der Waals surface area contributed by atoms with Crippen LogP contribution in [0.5, 0.6) is 0 Å². The first-order chi connectivity index (χ1) is 32.4. The summed E-state index contributed by atoms with van der Waals surface area (Å²) in [6, 6.07) is 82.1. The largest absolute Gasteiger partial charge is 0.310 e. The van der Waals surface area contributed by atoms with E-state index in [0.717, 1.165) is 95.3 Å². The van der Waals surface area contributed by atoms with Crippen LogP contribution >= 0.6 is 0 Å². The van der Waals surface area contributed by atoms with Crippen LogP contribution in [0.1, 0.15) is 16.7 Å². The third-order valence-corrected chi connectivity index (χ3v) is 12.4. The van der Waals surface area contributed by atoms with E-state index in [0.29, 0.717) is 5.82 Å². The molecule has 316 valence electrons. The van der Waals surface area contributed by atoms with E-state index >= 15 is 0 Å². The minimum absolute atomic E-state index is 0.713. The normalized spacial score (nSPS) is 11.3. The second kappa shape index (κ2) is 17.2. The molecule has 0 atom stereocenters. The summed E-state index contributed by atoms with van der Waals surface area (Å²) in [4.78, 5) is 15.0. The highest BCUT2D eigenvalue weighted by molar-refractivity contribution is 6.12. The highest BCUT2D eigenvalue weighted by Gasteiger charge is 2.21. The number of aryl methyl sites for hydroxylation is 3.